The lowest BCUT2D eigenvalue weighted by Gasteiger charge is -2.06. The van der Waals surface area contributed by atoms with Gasteiger partial charge in [0.25, 0.3) is 11.6 Å². The van der Waals surface area contributed by atoms with Gasteiger partial charge in [0.1, 0.15) is 4.33 Å². The van der Waals surface area contributed by atoms with E-state index in [-0.39, 0.29) is 36.7 Å². The Labute approximate surface area is 142 Å². The van der Waals surface area contributed by atoms with Gasteiger partial charge in [-0.2, -0.15) is 0 Å². The van der Waals surface area contributed by atoms with E-state index in [1.807, 2.05) is 0 Å². The number of hydrogen-bond acceptors (Lipinski definition) is 5. The lowest BCUT2D eigenvalue weighted by Crippen LogP contribution is -2.26. The van der Waals surface area contributed by atoms with E-state index in [0.717, 1.165) is 0 Å². The van der Waals surface area contributed by atoms with Gasteiger partial charge in [-0.1, -0.05) is 0 Å². The van der Waals surface area contributed by atoms with Crippen molar-refractivity contribution in [1.29, 1.82) is 0 Å². The number of nitrogens with zero attached hydrogens (tertiary/aromatic N) is 1. The van der Waals surface area contributed by atoms with E-state index >= 15 is 0 Å². The predicted molar refractivity (Wildman–Crippen MR) is 83.5 cm³/mol. The lowest BCUT2D eigenvalue weighted by molar-refractivity contribution is -0.384. The van der Waals surface area contributed by atoms with Crippen LogP contribution in [0.1, 0.15) is 23.2 Å². The number of benzene rings is 1. The molecule has 2 rings (SSSR count). The van der Waals surface area contributed by atoms with Crippen LogP contribution >= 0.6 is 23.2 Å². The summed E-state index contributed by atoms with van der Waals surface area (Å²) in [4.78, 5) is 33.3. The van der Waals surface area contributed by atoms with Crippen LogP contribution in [0.5, 0.6) is 0 Å². The molecule has 0 radical (unpaired) electrons. The molecule has 1 fully saturated rings. The van der Waals surface area contributed by atoms with Crippen molar-refractivity contribution in [1.82, 2.24) is 5.32 Å². The zero-order valence-electron chi connectivity index (χ0n) is 12.0. The number of carbonyl (C=O) groups excluding carboxylic acids is 2. The van der Waals surface area contributed by atoms with Crippen LogP contribution in [0.25, 0.3) is 0 Å². The summed E-state index contributed by atoms with van der Waals surface area (Å²) in [5.41, 5.74) is 0.177. The molecule has 1 aliphatic carbocycles. The third-order valence-corrected chi connectivity index (χ3v) is 4.28. The van der Waals surface area contributed by atoms with Crippen LogP contribution in [0.3, 0.4) is 0 Å². The van der Waals surface area contributed by atoms with Crippen LogP contribution in [0.2, 0.25) is 0 Å². The largest absolute Gasteiger partial charge is 0.465 e. The fraction of sp³-hybridized carbons (Fsp3) is 0.429. The van der Waals surface area contributed by atoms with Crippen molar-refractivity contribution in [3.63, 3.8) is 0 Å². The molecule has 1 atom stereocenters. The number of nitro groups is 1. The molecule has 0 spiro atoms. The number of nitrogens with one attached hydrogen (secondary N) is 1. The molecule has 9 heteroatoms. The van der Waals surface area contributed by atoms with Gasteiger partial charge in [-0.05, 0) is 18.6 Å². The summed E-state index contributed by atoms with van der Waals surface area (Å²) in [6.07, 6.45) is 0.614. The van der Waals surface area contributed by atoms with Crippen LogP contribution in [0.4, 0.5) is 5.69 Å². The predicted octanol–water partition coefficient (Wildman–Crippen LogP) is 2.45. The van der Waals surface area contributed by atoms with E-state index in [1.165, 1.54) is 24.3 Å². The molecule has 0 heterocycles. The average Bonchev–Trinajstić information content (AvgIpc) is 3.12. The number of nitro benzene ring substituents is 1. The van der Waals surface area contributed by atoms with E-state index < -0.39 is 21.1 Å². The van der Waals surface area contributed by atoms with Crippen molar-refractivity contribution in [2.75, 3.05) is 13.2 Å². The summed E-state index contributed by atoms with van der Waals surface area (Å²) in [6.45, 7) is 0.272. The molecule has 1 aromatic carbocycles. The topological polar surface area (TPSA) is 98.5 Å². The number of hydrogen-bond donors (Lipinski definition) is 1. The standard InChI is InChI=1S/C14H14Cl2N2O5/c15-14(16)7-10(14)8-23-12(19)5-6-17-13(20)9-1-3-11(4-2-9)18(21)22/h1-4,10H,5-8H2,(H,17,20)/t10-/m1/s1. The highest BCUT2D eigenvalue weighted by Gasteiger charge is 2.52. The lowest BCUT2D eigenvalue weighted by atomic mass is 10.2. The second kappa shape index (κ2) is 7.14. The Hall–Kier alpha value is -1.86. The molecule has 1 aromatic rings. The van der Waals surface area contributed by atoms with Crippen LogP contribution in [0, 0.1) is 16.0 Å². The molecule has 1 N–H and O–H groups in total. The number of non-ortho nitro benzene ring substituents is 1. The summed E-state index contributed by atoms with van der Waals surface area (Å²) in [5.74, 6) is -0.912. The second-order valence-electron chi connectivity index (χ2n) is 5.15. The number of ether oxygens (including phenoxy) is 1. The molecule has 0 aromatic heterocycles. The first-order valence-electron chi connectivity index (χ1n) is 6.85. The van der Waals surface area contributed by atoms with Gasteiger partial charge in [0.05, 0.1) is 18.0 Å². The Bertz CT molecular complexity index is 618. The van der Waals surface area contributed by atoms with Crippen molar-refractivity contribution in [3.05, 3.63) is 39.9 Å². The minimum absolute atomic E-state index is 0.0169. The van der Waals surface area contributed by atoms with Crippen LogP contribution in [-0.2, 0) is 9.53 Å². The zero-order valence-corrected chi connectivity index (χ0v) is 13.5. The monoisotopic (exact) mass is 360 g/mol. The molecule has 0 bridgehead atoms. The quantitative estimate of drug-likeness (QED) is 0.348. The number of rotatable bonds is 7. The molecule has 0 saturated heterocycles. The van der Waals surface area contributed by atoms with E-state index in [2.05, 4.69) is 5.32 Å². The van der Waals surface area contributed by atoms with E-state index in [1.54, 1.807) is 0 Å². The van der Waals surface area contributed by atoms with Gasteiger partial charge in [-0.15, -0.1) is 23.2 Å². The number of halogens is 2. The minimum Gasteiger partial charge on any atom is -0.465 e. The molecular weight excluding hydrogens is 347 g/mol. The van der Waals surface area contributed by atoms with Gasteiger partial charge >= 0.3 is 5.97 Å². The highest BCUT2D eigenvalue weighted by Crippen LogP contribution is 2.53. The maximum absolute atomic E-state index is 11.8. The van der Waals surface area contributed by atoms with Crippen molar-refractivity contribution >= 4 is 40.8 Å². The smallest absolute Gasteiger partial charge is 0.307 e. The second-order valence-corrected chi connectivity index (χ2v) is 6.70. The van der Waals surface area contributed by atoms with E-state index in [9.17, 15) is 19.7 Å². The maximum Gasteiger partial charge on any atom is 0.307 e. The molecular formula is C14H14Cl2N2O5. The van der Waals surface area contributed by atoms with Crippen LogP contribution in [0.15, 0.2) is 24.3 Å². The first kappa shape index (κ1) is 17.5. The third-order valence-electron chi connectivity index (χ3n) is 3.36. The molecule has 1 saturated carbocycles. The fourth-order valence-corrected chi connectivity index (χ4v) is 2.33. The van der Waals surface area contributed by atoms with Gasteiger partial charge in [0.2, 0.25) is 0 Å². The van der Waals surface area contributed by atoms with Crippen molar-refractivity contribution in [3.8, 4) is 0 Å². The van der Waals surface area contributed by atoms with E-state index in [0.29, 0.717) is 6.42 Å². The Morgan fingerprint density at radius 1 is 1.35 bits per heavy atom. The van der Waals surface area contributed by atoms with Crippen LogP contribution in [-0.4, -0.2) is 34.3 Å². The number of amides is 1. The van der Waals surface area contributed by atoms with Gasteiger partial charge in [-0.25, -0.2) is 0 Å². The zero-order chi connectivity index (χ0) is 17.0. The Morgan fingerprint density at radius 2 is 1.96 bits per heavy atom. The van der Waals surface area contributed by atoms with Gasteiger partial charge in [-0.3, -0.25) is 19.7 Å². The van der Waals surface area contributed by atoms with Gasteiger partial charge in [0, 0.05) is 30.2 Å². The third kappa shape index (κ3) is 5.07. The summed E-state index contributed by atoms with van der Waals surface area (Å²) in [6, 6.07) is 5.17. The summed E-state index contributed by atoms with van der Waals surface area (Å²) >= 11 is 11.6. The Balaban J connectivity index is 1.68. The molecule has 1 aliphatic rings. The maximum atomic E-state index is 11.8. The SMILES string of the molecule is O=C(CCNC(=O)c1ccc([N+](=O)[O-])cc1)OC[C@H]1CC1(Cl)Cl. The summed E-state index contributed by atoms with van der Waals surface area (Å²) in [5, 5.41) is 13.1. The molecule has 124 valence electrons. The Kier molecular flexibility index (Phi) is 5.43. The minimum atomic E-state index is -0.787. The number of carbonyl (C=O) groups is 2. The molecule has 0 unspecified atom stereocenters. The normalized spacial score (nSPS) is 18.1. The summed E-state index contributed by atoms with van der Waals surface area (Å²) < 4.78 is 4.21. The highest BCUT2D eigenvalue weighted by molar-refractivity contribution is 6.50. The molecule has 1 amide bonds. The van der Waals surface area contributed by atoms with Crippen molar-refractivity contribution in [2.24, 2.45) is 5.92 Å². The molecule has 7 nitrogen and oxygen atoms in total. The van der Waals surface area contributed by atoms with Crippen molar-refractivity contribution in [2.45, 2.75) is 17.2 Å². The van der Waals surface area contributed by atoms with Crippen molar-refractivity contribution < 1.29 is 19.2 Å². The average molecular weight is 361 g/mol. The van der Waals surface area contributed by atoms with Gasteiger partial charge in [0.15, 0.2) is 0 Å². The first-order valence-corrected chi connectivity index (χ1v) is 7.61. The fourth-order valence-electron chi connectivity index (χ4n) is 1.83. The molecule has 23 heavy (non-hydrogen) atoms. The number of esters is 1. The number of alkyl halides is 2. The first-order chi connectivity index (χ1) is 10.8. The molecule has 0 aliphatic heterocycles. The van der Waals surface area contributed by atoms with Crippen LogP contribution < -0.4 is 5.32 Å². The highest BCUT2D eigenvalue weighted by atomic mass is 35.5. The van der Waals surface area contributed by atoms with E-state index in [4.69, 9.17) is 27.9 Å². The Morgan fingerprint density at radius 3 is 2.48 bits per heavy atom. The van der Waals surface area contributed by atoms with Gasteiger partial charge < -0.3 is 10.1 Å². The summed E-state index contributed by atoms with van der Waals surface area (Å²) in [7, 11) is 0.